The first-order valence-electron chi connectivity index (χ1n) is 4.94. The highest BCUT2D eigenvalue weighted by Crippen LogP contribution is 2.18. The molecular formula is C12H16O2. The van der Waals surface area contributed by atoms with Crippen LogP contribution in [0.1, 0.15) is 48.7 Å². The molecule has 0 saturated heterocycles. The third-order valence-corrected chi connectivity index (χ3v) is 2.26. The van der Waals surface area contributed by atoms with Gasteiger partial charge >= 0.3 is 0 Å². The molecule has 2 heteroatoms. The van der Waals surface area contributed by atoms with Gasteiger partial charge in [-0.05, 0) is 18.9 Å². The molecular weight excluding hydrogens is 176 g/mol. The van der Waals surface area contributed by atoms with Crippen molar-refractivity contribution in [3.8, 4) is 0 Å². The zero-order chi connectivity index (χ0) is 10.6. The van der Waals surface area contributed by atoms with Crippen LogP contribution in [-0.2, 0) is 0 Å². The molecule has 0 saturated carbocycles. The van der Waals surface area contributed by atoms with Crippen LogP contribution in [0, 0.1) is 0 Å². The van der Waals surface area contributed by atoms with Gasteiger partial charge in [-0.15, -0.1) is 0 Å². The topological polar surface area (TPSA) is 37.3 Å². The summed E-state index contributed by atoms with van der Waals surface area (Å²) in [5.74, 6) is 0.0570. The van der Waals surface area contributed by atoms with E-state index in [-0.39, 0.29) is 5.78 Å². The van der Waals surface area contributed by atoms with Crippen LogP contribution in [0.3, 0.4) is 0 Å². The first-order valence-corrected chi connectivity index (χ1v) is 4.94. The molecule has 1 unspecified atom stereocenters. The fraction of sp³-hybridized carbons (Fsp3) is 0.417. The zero-order valence-corrected chi connectivity index (χ0v) is 8.66. The summed E-state index contributed by atoms with van der Waals surface area (Å²) in [4.78, 5) is 11.0. The van der Waals surface area contributed by atoms with Crippen molar-refractivity contribution in [1.29, 1.82) is 0 Å². The highest BCUT2D eigenvalue weighted by Gasteiger charge is 2.06. The molecule has 0 radical (unpaired) electrons. The van der Waals surface area contributed by atoms with Crippen molar-refractivity contribution >= 4 is 5.78 Å². The predicted octanol–water partition coefficient (Wildman–Crippen LogP) is 2.72. The standard InChI is InChI=1S/C12H16O2/c1-3-4-12(14)11-7-5-10(6-8-11)9(2)13/h5-8,12,14H,3-4H2,1-2H3. The maximum Gasteiger partial charge on any atom is 0.159 e. The van der Waals surface area contributed by atoms with E-state index in [1.54, 1.807) is 12.1 Å². The van der Waals surface area contributed by atoms with E-state index < -0.39 is 6.10 Å². The molecule has 0 aliphatic rings. The van der Waals surface area contributed by atoms with Crippen LogP contribution in [0.25, 0.3) is 0 Å². The van der Waals surface area contributed by atoms with Gasteiger partial charge < -0.3 is 5.11 Å². The summed E-state index contributed by atoms with van der Waals surface area (Å²) in [5.41, 5.74) is 1.58. The number of carbonyl (C=O) groups is 1. The van der Waals surface area contributed by atoms with Crippen LogP contribution in [0.4, 0.5) is 0 Å². The molecule has 14 heavy (non-hydrogen) atoms. The molecule has 1 aromatic rings. The van der Waals surface area contributed by atoms with E-state index in [0.717, 1.165) is 18.4 Å². The van der Waals surface area contributed by atoms with Crippen molar-refractivity contribution in [2.24, 2.45) is 0 Å². The number of Topliss-reactive ketones (excluding diaryl/α,β-unsaturated/α-hetero) is 1. The third kappa shape index (κ3) is 2.67. The summed E-state index contributed by atoms with van der Waals surface area (Å²) < 4.78 is 0. The van der Waals surface area contributed by atoms with E-state index in [1.807, 2.05) is 19.1 Å². The van der Waals surface area contributed by atoms with Crippen LogP contribution in [0.15, 0.2) is 24.3 Å². The number of carbonyl (C=O) groups excluding carboxylic acids is 1. The quantitative estimate of drug-likeness (QED) is 0.745. The minimum atomic E-state index is -0.402. The SMILES string of the molecule is CCCC(O)c1ccc(C(C)=O)cc1. The maximum atomic E-state index is 11.0. The van der Waals surface area contributed by atoms with E-state index in [9.17, 15) is 9.90 Å². The van der Waals surface area contributed by atoms with Crippen molar-refractivity contribution < 1.29 is 9.90 Å². The number of hydrogen-bond donors (Lipinski definition) is 1. The second-order valence-electron chi connectivity index (χ2n) is 3.48. The monoisotopic (exact) mass is 192 g/mol. The molecule has 1 N–H and O–H groups in total. The maximum absolute atomic E-state index is 11.0. The zero-order valence-electron chi connectivity index (χ0n) is 8.66. The van der Waals surface area contributed by atoms with Gasteiger partial charge in [-0.2, -0.15) is 0 Å². The van der Waals surface area contributed by atoms with Crippen molar-refractivity contribution in [3.63, 3.8) is 0 Å². The average molecular weight is 192 g/mol. The van der Waals surface area contributed by atoms with Crippen LogP contribution in [0.5, 0.6) is 0 Å². The number of benzene rings is 1. The van der Waals surface area contributed by atoms with Crippen LogP contribution < -0.4 is 0 Å². The fourth-order valence-electron chi connectivity index (χ4n) is 1.38. The molecule has 0 amide bonds. The number of hydrogen-bond acceptors (Lipinski definition) is 2. The lowest BCUT2D eigenvalue weighted by Gasteiger charge is -2.09. The van der Waals surface area contributed by atoms with Gasteiger partial charge in [0.15, 0.2) is 5.78 Å². The predicted molar refractivity (Wildman–Crippen MR) is 56.3 cm³/mol. The summed E-state index contributed by atoms with van der Waals surface area (Å²) in [6, 6.07) is 7.15. The second kappa shape index (κ2) is 4.91. The molecule has 1 atom stereocenters. The van der Waals surface area contributed by atoms with Crippen molar-refractivity contribution in [2.75, 3.05) is 0 Å². The molecule has 0 heterocycles. The highest BCUT2D eigenvalue weighted by molar-refractivity contribution is 5.94. The van der Waals surface area contributed by atoms with Gasteiger partial charge in [0.1, 0.15) is 0 Å². The lowest BCUT2D eigenvalue weighted by molar-refractivity contribution is 0.101. The molecule has 2 nitrogen and oxygen atoms in total. The molecule has 1 aromatic carbocycles. The van der Waals surface area contributed by atoms with Gasteiger partial charge in [-0.3, -0.25) is 4.79 Å². The van der Waals surface area contributed by atoms with Crippen LogP contribution >= 0.6 is 0 Å². The first-order chi connectivity index (χ1) is 6.65. The molecule has 0 aliphatic heterocycles. The number of rotatable bonds is 4. The van der Waals surface area contributed by atoms with Crippen molar-refractivity contribution in [3.05, 3.63) is 35.4 Å². The van der Waals surface area contributed by atoms with E-state index in [1.165, 1.54) is 6.92 Å². The Labute approximate surface area is 84.6 Å². The van der Waals surface area contributed by atoms with Crippen LogP contribution in [-0.4, -0.2) is 10.9 Å². The number of aliphatic hydroxyl groups is 1. The molecule has 0 aromatic heterocycles. The molecule has 0 fully saturated rings. The Morgan fingerprint density at radius 1 is 1.36 bits per heavy atom. The van der Waals surface area contributed by atoms with E-state index in [0.29, 0.717) is 5.56 Å². The Morgan fingerprint density at radius 2 is 1.93 bits per heavy atom. The highest BCUT2D eigenvalue weighted by atomic mass is 16.3. The summed E-state index contributed by atoms with van der Waals surface area (Å²) in [6.45, 7) is 3.57. The summed E-state index contributed by atoms with van der Waals surface area (Å²) >= 11 is 0. The first kappa shape index (κ1) is 10.9. The fourth-order valence-corrected chi connectivity index (χ4v) is 1.38. The summed E-state index contributed by atoms with van der Waals surface area (Å²) in [7, 11) is 0. The van der Waals surface area contributed by atoms with E-state index >= 15 is 0 Å². The Hall–Kier alpha value is -1.15. The summed E-state index contributed by atoms with van der Waals surface area (Å²) in [6.07, 6.45) is 1.32. The normalized spacial score (nSPS) is 12.5. The molecule has 0 spiro atoms. The molecule has 0 bridgehead atoms. The number of aliphatic hydroxyl groups excluding tert-OH is 1. The lowest BCUT2D eigenvalue weighted by atomic mass is 10.0. The number of ketones is 1. The van der Waals surface area contributed by atoms with Gasteiger partial charge in [0.25, 0.3) is 0 Å². The van der Waals surface area contributed by atoms with Crippen molar-refractivity contribution in [1.82, 2.24) is 0 Å². The molecule has 76 valence electrons. The Morgan fingerprint density at radius 3 is 2.36 bits per heavy atom. The Balaban J connectivity index is 2.77. The van der Waals surface area contributed by atoms with Gasteiger partial charge in [0, 0.05) is 5.56 Å². The van der Waals surface area contributed by atoms with Gasteiger partial charge in [0.2, 0.25) is 0 Å². The Bertz CT molecular complexity index is 301. The van der Waals surface area contributed by atoms with E-state index in [4.69, 9.17) is 0 Å². The van der Waals surface area contributed by atoms with E-state index in [2.05, 4.69) is 0 Å². The third-order valence-electron chi connectivity index (χ3n) is 2.26. The molecule has 1 rings (SSSR count). The molecule has 0 aliphatic carbocycles. The van der Waals surface area contributed by atoms with Crippen molar-refractivity contribution in [2.45, 2.75) is 32.8 Å². The minimum Gasteiger partial charge on any atom is -0.388 e. The average Bonchev–Trinajstić information content (AvgIpc) is 2.18. The van der Waals surface area contributed by atoms with Crippen LogP contribution in [0.2, 0.25) is 0 Å². The van der Waals surface area contributed by atoms with Gasteiger partial charge in [-0.1, -0.05) is 37.6 Å². The smallest absolute Gasteiger partial charge is 0.159 e. The largest absolute Gasteiger partial charge is 0.388 e. The van der Waals surface area contributed by atoms with Gasteiger partial charge in [0.05, 0.1) is 6.10 Å². The Kier molecular flexibility index (Phi) is 3.84. The summed E-state index contributed by atoms with van der Waals surface area (Å²) in [5, 5.41) is 9.67. The lowest BCUT2D eigenvalue weighted by Crippen LogP contribution is -1.98. The second-order valence-corrected chi connectivity index (χ2v) is 3.48. The minimum absolute atomic E-state index is 0.0570. The van der Waals surface area contributed by atoms with Gasteiger partial charge in [-0.25, -0.2) is 0 Å².